The Morgan fingerprint density at radius 3 is 2.42 bits per heavy atom. The second-order valence-electron chi connectivity index (χ2n) is 6.90. The van der Waals surface area contributed by atoms with Crippen molar-refractivity contribution in [2.75, 3.05) is 19.7 Å². The first-order valence-corrected chi connectivity index (χ1v) is 8.98. The summed E-state index contributed by atoms with van der Waals surface area (Å²) in [6, 6.07) is 16.3. The molecule has 2 aromatic carbocycles. The number of benzene rings is 2. The van der Waals surface area contributed by atoms with Gasteiger partial charge in [-0.15, -0.1) is 0 Å². The molecule has 26 heavy (non-hydrogen) atoms. The number of piperazine rings is 1. The molecule has 4 nitrogen and oxygen atoms in total. The molecule has 0 N–H and O–H groups in total. The highest BCUT2D eigenvalue weighted by atomic mass is 19.1. The van der Waals surface area contributed by atoms with E-state index >= 15 is 0 Å². The molecule has 5 heteroatoms. The van der Waals surface area contributed by atoms with Gasteiger partial charge in [0.25, 0.3) is 5.91 Å². The third-order valence-electron chi connectivity index (χ3n) is 4.84. The maximum absolute atomic E-state index is 13.1. The fourth-order valence-electron chi connectivity index (χ4n) is 3.34. The van der Waals surface area contributed by atoms with Crippen molar-refractivity contribution in [3.8, 4) is 5.75 Å². The molecule has 1 aliphatic heterocycles. The molecule has 2 atom stereocenters. The molecule has 1 aliphatic rings. The molecule has 0 unspecified atom stereocenters. The number of para-hydroxylation sites is 1. The summed E-state index contributed by atoms with van der Waals surface area (Å²) in [5.41, 5.74) is 1.08. The number of carbonyl (C=O) groups excluding carboxylic acids is 1. The minimum absolute atomic E-state index is 0.00892. The fraction of sp³-hybridized carbons (Fsp3) is 0.381. The highest BCUT2D eigenvalue weighted by Crippen LogP contribution is 2.19. The quantitative estimate of drug-likeness (QED) is 0.824. The minimum atomic E-state index is -0.219. The Labute approximate surface area is 154 Å². The minimum Gasteiger partial charge on any atom is -0.484 e. The number of rotatable bonds is 5. The van der Waals surface area contributed by atoms with E-state index in [0.717, 1.165) is 18.7 Å². The lowest BCUT2D eigenvalue weighted by Gasteiger charge is -2.44. The molecular formula is C21H25FN2O2. The van der Waals surface area contributed by atoms with Crippen LogP contribution >= 0.6 is 0 Å². The molecule has 1 amide bonds. The van der Waals surface area contributed by atoms with Crippen LogP contribution in [0.3, 0.4) is 0 Å². The predicted octanol–water partition coefficient (Wildman–Crippen LogP) is 3.33. The maximum atomic E-state index is 13.1. The van der Waals surface area contributed by atoms with E-state index < -0.39 is 0 Å². The Kier molecular flexibility index (Phi) is 5.89. The Balaban J connectivity index is 1.55. The fourth-order valence-corrected chi connectivity index (χ4v) is 3.34. The summed E-state index contributed by atoms with van der Waals surface area (Å²) in [6.45, 7) is 6.44. The van der Waals surface area contributed by atoms with E-state index in [-0.39, 0.29) is 30.4 Å². The lowest BCUT2D eigenvalue weighted by Crippen LogP contribution is -2.58. The van der Waals surface area contributed by atoms with E-state index in [1.54, 1.807) is 0 Å². The van der Waals surface area contributed by atoms with E-state index in [1.807, 2.05) is 47.4 Å². The zero-order chi connectivity index (χ0) is 18.5. The first-order valence-electron chi connectivity index (χ1n) is 8.98. The second kappa shape index (κ2) is 8.32. The number of amides is 1. The first kappa shape index (κ1) is 18.4. The monoisotopic (exact) mass is 356 g/mol. The highest BCUT2D eigenvalue weighted by Gasteiger charge is 2.31. The van der Waals surface area contributed by atoms with Gasteiger partial charge in [0.05, 0.1) is 0 Å². The Bertz CT molecular complexity index is 721. The van der Waals surface area contributed by atoms with Crippen molar-refractivity contribution in [2.45, 2.75) is 32.5 Å². The van der Waals surface area contributed by atoms with E-state index in [9.17, 15) is 9.18 Å². The molecule has 0 saturated carbocycles. The van der Waals surface area contributed by atoms with Crippen LogP contribution in [-0.4, -0.2) is 47.5 Å². The van der Waals surface area contributed by atoms with Crippen LogP contribution in [0.1, 0.15) is 19.4 Å². The summed E-state index contributed by atoms with van der Waals surface area (Å²) >= 11 is 0. The van der Waals surface area contributed by atoms with E-state index in [4.69, 9.17) is 4.74 Å². The predicted molar refractivity (Wildman–Crippen MR) is 99.4 cm³/mol. The summed E-state index contributed by atoms with van der Waals surface area (Å²) in [5, 5.41) is 0. The van der Waals surface area contributed by atoms with E-state index in [1.165, 1.54) is 12.1 Å². The standard InChI is InChI=1S/C21H25FN2O2/c1-16-13-24(21(25)15-26-20-6-4-3-5-7-20)17(2)12-23(16)14-18-8-10-19(22)11-9-18/h3-11,16-17H,12-15H2,1-2H3/t16-,17+/m0/s1. The lowest BCUT2D eigenvalue weighted by atomic mass is 10.1. The zero-order valence-electron chi connectivity index (χ0n) is 15.3. The Morgan fingerprint density at radius 2 is 1.73 bits per heavy atom. The lowest BCUT2D eigenvalue weighted by molar-refractivity contribution is -0.139. The van der Waals surface area contributed by atoms with E-state index in [2.05, 4.69) is 18.7 Å². The van der Waals surface area contributed by atoms with E-state index in [0.29, 0.717) is 12.3 Å². The van der Waals surface area contributed by atoms with Gasteiger partial charge in [-0.1, -0.05) is 30.3 Å². The number of halogens is 1. The SMILES string of the molecule is C[C@@H]1CN(Cc2ccc(F)cc2)[C@@H](C)CN1C(=O)COc1ccccc1. The van der Waals surface area contributed by atoms with Crippen LogP contribution in [0.2, 0.25) is 0 Å². The summed E-state index contributed by atoms with van der Waals surface area (Å²) in [5.74, 6) is 0.495. The molecule has 3 rings (SSSR count). The molecular weight excluding hydrogens is 331 g/mol. The van der Waals surface area contributed by atoms with Crippen molar-refractivity contribution in [2.24, 2.45) is 0 Å². The molecule has 0 radical (unpaired) electrons. The van der Waals surface area contributed by atoms with Crippen LogP contribution in [-0.2, 0) is 11.3 Å². The largest absolute Gasteiger partial charge is 0.484 e. The number of hydrogen-bond acceptors (Lipinski definition) is 3. The van der Waals surface area contributed by atoms with Crippen LogP contribution in [0, 0.1) is 5.82 Å². The summed E-state index contributed by atoms with van der Waals surface area (Å²) in [7, 11) is 0. The third kappa shape index (κ3) is 4.61. The van der Waals surface area contributed by atoms with Gasteiger partial charge in [-0.25, -0.2) is 4.39 Å². The molecule has 0 spiro atoms. The molecule has 0 bridgehead atoms. The van der Waals surface area contributed by atoms with Crippen LogP contribution in [0.25, 0.3) is 0 Å². The van der Waals surface area contributed by atoms with Crippen LogP contribution < -0.4 is 4.74 Å². The molecule has 1 fully saturated rings. The van der Waals surface area contributed by atoms with Crippen molar-refractivity contribution in [1.82, 2.24) is 9.80 Å². The van der Waals surface area contributed by atoms with Gasteiger partial charge in [-0.2, -0.15) is 0 Å². The van der Waals surface area contributed by atoms with Crippen molar-refractivity contribution >= 4 is 5.91 Å². The van der Waals surface area contributed by atoms with Crippen LogP contribution in [0.4, 0.5) is 4.39 Å². The van der Waals surface area contributed by atoms with Gasteiger partial charge in [0.15, 0.2) is 6.61 Å². The topological polar surface area (TPSA) is 32.8 Å². The van der Waals surface area contributed by atoms with Crippen LogP contribution in [0.15, 0.2) is 54.6 Å². The summed E-state index contributed by atoms with van der Waals surface area (Å²) in [4.78, 5) is 16.8. The van der Waals surface area contributed by atoms with Crippen molar-refractivity contribution in [3.63, 3.8) is 0 Å². The second-order valence-corrected chi connectivity index (χ2v) is 6.90. The maximum Gasteiger partial charge on any atom is 0.260 e. The Hall–Kier alpha value is -2.40. The molecule has 0 aliphatic carbocycles. The van der Waals surface area contributed by atoms with Crippen molar-refractivity contribution < 1.29 is 13.9 Å². The number of hydrogen-bond donors (Lipinski definition) is 0. The average molecular weight is 356 g/mol. The number of ether oxygens (including phenoxy) is 1. The third-order valence-corrected chi connectivity index (χ3v) is 4.84. The van der Waals surface area contributed by atoms with Crippen molar-refractivity contribution in [3.05, 3.63) is 66.0 Å². The smallest absolute Gasteiger partial charge is 0.260 e. The van der Waals surface area contributed by atoms with Gasteiger partial charge < -0.3 is 9.64 Å². The highest BCUT2D eigenvalue weighted by molar-refractivity contribution is 5.78. The normalized spacial score (nSPS) is 20.8. The van der Waals surface area contributed by atoms with Gasteiger partial charge in [0.2, 0.25) is 0 Å². The van der Waals surface area contributed by atoms with Crippen molar-refractivity contribution in [1.29, 1.82) is 0 Å². The van der Waals surface area contributed by atoms with Gasteiger partial charge >= 0.3 is 0 Å². The molecule has 0 aromatic heterocycles. The molecule has 138 valence electrons. The molecule has 1 saturated heterocycles. The number of carbonyl (C=O) groups is 1. The molecule has 2 aromatic rings. The van der Waals surface area contributed by atoms with Gasteiger partial charge in [-0.05, 0) is 43.7 Å². The number of nitrogens with zero attached hydrogens (tertiary/aromatic N) is 2. The van der Waals surface area contributed by atoms with Gasteiger partial charge in [-0.3, -0.25) is 9.69 Å². The van der Waals surface area contributed by atoms with Gasteiger partial charge in [0, 0.05) is 31.7 Å². The summed E-state index contributed by atoms with van der Waals surface area (Å²) < 4.78 is 18.7. The van der Waals surface area contributed by atoms with Crippen LogP contribution in [0.5, 0.6) is 5.75 Å². The van der Waals surface area contributed by atoms with Gasteiger partial charge in [0.1, 0.15) is 11.6 Å². The summed E-state index contributed by atoms with van der Waals surface area (Å²) in [6.07, 6.45) is 0. The zero-order valence-corrected chi connectivity index (χ0v) is 15.3. The average Bonchev–Trinajstić information content (AvgIpc) is 2.65. The first-order chi connectivity index (χ1) is 12.5. The molecule has 1 heterocycles. The Morgan fingerprint density at radius 1 is 1.04 bits per heavy atom.